The van der Waals surface area contributed by atoms with Crippen molar-refractivity contribution in [2.24, 2.45) is 5.73 Å². The summed E-state index contributed by atoms with van der Waals surface area (Å²) in [5.41, 5.74) is 5.45. The van der Waals surface area contributed by atoms with Gasteiger partial charge in [0.2, 0.25) is 0 Å². The Bertz CT molecular complexity index is 314. The molecule has 0 aliphatic rings. The van der Waals surface area contributed by atoms with Crippen LogP contribution in [0.3, 0.4) is 0 Å². The number of carbonyl (C=O) groups excluding carboxylic acids is 1. The van der Waals surface area contributed by atoms with Crippen LogP contribution in [0, 0.1) is 0 Å². The van der Waals surface area contributed by atoms with Crippen LogP contribution in [0.5, 0.6) is 0 Å². The molecule has 13 heavy (non-hydrogen) atoms. The second-order valence-electron chi connectivity index (χ2n) is 2.24. The summed E-state index contributed by atoms with van der Waals surface area (Å²) in [7, 11) is 0. The Balaban J connectivity index is 2.54. The van der Waals surface area contributed by atoms with Gasteiger partial charge in [0.15, 0.2) is 0 Å². The summed E-state index contributed by atoms with van der Waals surface area (Å²) in [6.45, 7) is 0.171. The van der Waals surface area contributed by atoms with E-state index in [1.807, 2.05) is 0 Å². The molecule has 0 unspecified atom stereocenters. The zero-order valence-electron chi connectivity index (χ0n) is 6.73. The molecule has 68 valence electrons. The molecule has 1 amide bonds. The molecule has 1 aromatic rings. The van der Waals surface area contributed by atoms with Crippen LogP contribution in [0.25, 0.3) is 0 Å². The van der Waals surface area contributed by atoms with Crippen LogP contribution in [0.4, 0.5) is 0 Å². The summed E-state index contributed by atoms with van der Waals surface area (Å²) in [6.07, 6.45) is 4.30. The number of rotatable bonds is 3. The number of nitrogens with two attached hydrogens (primary N) is 1. The number of amides is 1. The predicted molar refractivity (Wildman–Crippen MR) is 51.2 cm³/mol. The summed E-state index contributed by atoms with van der Waals surface area (Å²) < 4.78 is 0. The van der Waals surface area contributed by atoms with E-state index < -0.39 is 0 Å². The highest BCUT2D eigenvalue weighted by Gasteiger charge is 2.05. The van der Waals surface area contributed by atoms with Gasteiger partial charge in [0.25, 0.3) is 5.91 Å². The first-order chi connectivity index (χ1) is 6.20. The maximum atomic E-state index is 11.2. The van der Waals surface area contributed by atoms with Crippen molar-refractivity contribution < 1.29 is 4.79 Å². The number of nitrogens with zero attached hydrogens (tertiary/aromatic N) is 2. The van der Waals surface area contributed by atoms with Gasteiger partial charge in [-0.1, -0.05) is 12.2 Å². The summed E-state index contributed by atoms with van der Waals surface area (Å²) >= 11 is 4.59. The van der Waals surface area contributed by atoms with Crippen LogP contribution in [0.1, 0.15) is 10.5 Å². The maximum Gasteiger partial charge on any atom is 0.271 e. The first-order valence-electron chi connectivity index (χ1n) is 3.52. The smallest absolute Gasteiger partial charge is 0.271 e. The van der Waals surface area contributed by atoms with E-state index in [-0.39, 0.29) is 23.1 Å². The van der Waals surface area contributed by atoms with Crippen LogP contribution in [0.15, 0.2) is 18.6 Å². The summed E-state index contributed by atoms with van der Waals surface area (Å²) in [6, 6.07) is 0. The van der Waals surface area contributed by atoms with Gasteiger partial charge >= 0.3 is 0 Å². The molecule has 1 aromatic heterocycles. The van der Waals surface area contributed by atoms with Crippen molar-refractivity contribution in [1.82, 2.24) is 15.3 Å². The third-order valence-electron chi connectivity index (χ3n) is 1.22. The third kappa shape index (κ3) is 3.12. The molecule has 0 bridgehead atoms. The first-order valence-corrected chi connectivity index (χ1v) is 3.93. The molecule has 6 heteroatoms. The molecule has 5 nitrogen and oxygen atoms in total. The Hall–Kier alpha value is -1.56. The van der Waals surface area contributed by atoms with E-state index in [1.54, 1.807) is 0 Å². The second kappa shape index (κ2) is 4.46. The first kappa shape index (κ1) is 9.53. The van der Waals surface area contributed by atoms with Crippen molar-refractivity contribution in [2.45, 2.75) is 0 Å². The quantitative estimate of drug-likeness (QED) is 0.636. The SMILES string of the molecule is NC(=S)CNC(=O)c1cnccn1. The highest BCUT2D eigenvalue weighted by molar-refractivity contribution is 7.80. The fraction of sp³-hybridized carbons (Fsp3) is 0.143. The number of carbonyl (C=O) groups is 1. The van der Waals surface area contributed by atoms with E-state index in [0.29, 0.717) is 0 Å². The molecule has 1 heterocycles. The van der Waals surface area contributed by atoms with E-state index in [9.17, 15) is 4.79 Å². The van der Waals surface area contributed by atoms with Crippen molar-refractivity contribution in [3.8, 4) is 0 Å². The van der Waals surface area contributed by atoms with Crippen molar-refractivity contribution >= 4 is 23.1 Å². The lowest BCUT2D eigenvalue weighted by atomic mass is 10.4. The minimum Gasteiger partial charge on any atom is -0.392 e. The topological polar surface area (TPSA) is 80.9 Å². The van der Waals surface area contributed by atoms with Crippen LogP contribution in [-0.2, 0) is 0 Å². The highest BCUT2D eigenvalue weighted by atomic mass is 32.1. The average Bonchev–Trinajstić information content (AvgIpc) is 2.15. The number of hydrogen-bond acceptors (Lipinski definition) is 4. The lowest BCUT2D eigenvalue weighted by Crippen LogP contribution is -2.32. The van der Waals surface area contributed by atoms with Crippen LogP contribution >= 0.6 is 12.2 Å². The molecule has 1 rings (SSSR count). The minimum atomic E-state index is -0.332. The summed E-state index contributed by atoms with van der Waals surface area (Å²) in [4.78, 5) is 19.0. The Morgan fingerprint density at radius 3 is 2.92 bits per heavy atom. The van der Waals surface area contributed by atoms with Gasteiger partial charge in [0.1, 0.15) is 5.69 Å². The number of nitrogens with one attached hydrogen (secondary N) is 1. The number of aromatic nitrogens is 2. The molecule has 0 aliphatic heterocycles. The van der Waals surface area contributed by atoms with Gasteiger partial charge < -0.3 is 11.1 Å². The monoisotopic (exact) mass is 196 g/mol. The third-order valence-corrected chi connectivity index (χ3v) is 1.36. The largest absolute Gasteiger partial charge is 0.392 e. The van der Waals surface area contributed by atoms with Crippen molar-refractivity contribution in [3.63, 3.8) is 0 Å². The zero-order chi connectivity index (χ0) is 9.68. The highest BCUT2D eigenvalue weighted by Crippen LogP contribution is 1.88. The average molecular weight is 196 g/mol. The zero-order valence-corrected chi connectivity index (χ0v) is 7.54. The predicted octanol–water partition coefficient (Wildman–Crippen LogP) is -0.508. The van der Waals surface area contributed by atoms with Gasteiger partial charge in [0, 0.05) is 12.4 Å². The van der Waals surface area contributed by atoms with E-state index in [1.165, 1.54) is 18.6 Å². The van der Waals surface area contributed by atoms with Gasteiger partial charge in [-0.25, -0.2) is 4.98 Å². The molecule has 0 radical (unpaired) electrons. The second-order valence-corrected chi connectivity index (χ2v) is 2.76. The lowest BCUT2D eigenvalue weighted by molar-refractivity contribution is 0.0954. The fourth-order valence-corrected chi connectivity index (χ4v) is 0.746. The molecule has 0 fully saturated rings. The minimum absolute atomic E-state index is 0.171. The Labute approximate surface area is 80.4 Å². The Kier molecular flexibility index (Phi) is 3.27. The van der Waals surface area contributed by atoms with Crippen LogP contribution in [-0.4, -0.2) is 27.4 Å². The lowest BCUT2D eigenvalue weighted by Gasteiger charge is -2.01. The van der Waals surface area contributed by atoms with Crippen LogP contribution in [0.2, 0.25) is 0 Å². The van der Waals surface area contributed by atoms with Crippen LogP contribution < -0.4 is 11.1 Å². The molecular weight excluding hydrogens is 188 g/mol. The molecule has 0 spiro atoms. The molecule has 0 aromatic carbocycles. The van der Waals surface area contributed by atoms with Crippen molar-refractivity contribution in [1.29, 1.82) is 0 Å². The standard InChI is InChI=1S/C7H8N4OS/c8-6(13)4-11-7(12)5-3-9-1-2-10-5/h1-3H,4H2,(H2,8,13)(H,11,12). The van der Waals surface area contributed by atoms with E-state index in [4.69, 9.17) is 5.73 Å². The van der Waals surface area contributed by atoms with E-state index >= 15 is 0 Å². The van der Waals surface area contributed by atoms with E-state index in [0.717, 1.165) is 0 Å². The summed E-state index contributed by atoms with van der Waals surface area (Å²) in [5.74, 6) is -0.332. The maximum absolute atomic E-state index is 11.2. The number of thiocarbonyl (C=S) groups is 1. The molecule has 3 N–H and O–H groups in total. The van der Waals surface area contributed by atoms with Crippen molar-refractivity contribution in [3.05, 3.63) is 24.3 Å². The fourth-order valence-electron chi connectivity index (χ4n) is 0.674. The van der Waals surface area contributed by atoms with Gasteiger partial charge in [-0.15, -0.1) is 0 Å². The normalized spacial score (nSPS) is 9.23. The number of hydrogen-bond donors (Lipinski definition) is 2. The molecule has 0 atom stereocenters. The van der Waals surface area contributed by atoms with Gasteiger partial charge in [-0.05, 0) is 0 Å². The Morgan fingerprint density at radius 1 is 1.62 bits per heavy atom. The molecular formula is C7H8N4OS. The molecule has 0 saturated heterocycles. The van der Waals surface area contributed by atoms with Crippen molar-refractivity contribution in [2.75, 3.05) is 6.54 Å². The summed E-state index contributed by atoms with van der Waals surface area (Å²) in [5, 5.41) is 2.49. The molecule has 0 saturated carbocycles. The van der Waals surface area contributed by atoms with Gasteiger partial charge in [0.05, 0.1) is 17.7 Å². The molecule has 0 aliphatic carbocycles. The van der Waals surface area contributed by atoms with Gasteiger partial charge in [-0.2, -0.15) is 0 Å². The Morgan fingerprint density at radius 2 is 2.38 bits per heavy atom. The van der Waals surface area contributed by atoms with Gasteiger partial charge in [-0.3, -0.25) is 9.78 Å². The van der Waals surface area contributed by atoms with E-state index in [2.05, 4.69) is 27.5 Å².